The molecule has 0 unspecified atom stereocenters. The molecule has 4 atom stereocenters. The maximum absolute atomic E-state index is 12.5. The third kappa shape index (κ3) is 3.87. The average Bonchev–Trinajstić information content (AvgIpc) is 2.47. The first kappa shape index (κ1) is 15.6. The van der Waals surface area contributed by atoms with Crippen LogP contribution in [0.25, 0.3) is 0 Å². The fourth-order valence-electron chi connectivity index (χ4n) is 3.57. The van der Waals surface area contributed by atoms with Gasteiger partial charge >= 0.3 is 6.03 Å². The van der Waals surface area contributed by atoms with Gasteiger partial charge in [0.25, 0.3) is 0 Å². The van der Waals surface area contributed by atoms with Crippen molar-refractivity contribution in [3.05, 3.63) is 0 Å². The van der Waals surface area contributed by atoms with Crippen molar-refractivity contribution in [3.63, 3.8) is 0 Å². The minimum absolute atomic E-state index is 0.115. The van der Waals surface area contributed by atoms with Crippen LogP contribution in [0.2, 0.25) is 0 Å². The molecule has 2 aliphatic rings. The van der Waals surface area contributed by atoms with E-state index in [2.05, 4.69) is 26.1 Å². The zero-order valence-corrected chi connectivity index (χ0v) is 13.2. The van der Waals surface area contributed by atoms with Gasteiger partial charge < -0.3 is 15.0 Å². The topological polar surface area (TPSA) is 41.6 Å². The van der Waals surface area contributed by atoms with Gasteiger partial charge in [-0.25, -0.2) is 4.79 Å². The van der Waals surface area contributed by atoms with Gasteiger partial charge in [-0.3, -0.25) is 0 Å². The lowest BCUT2D eigenvalue weighted by molar-refractivity contribution is -0.0650. The molecule has 1 heterocycles. The molecular weight excluding hydrogens is 252 g/mol. The minimum atomic E-state index is 0.115. The van der Waals surface area contributed by atoms with E-state index in [1.54, 1.807) is 0 Å². The van der Waals surface area contributed by atoms with Crippen molar-refractivity contribution < 1.29 is 9.53 Å². The van der Waals surface area contributed by atoms with Gasteiger partial charge in [0.15, 0.2) is 0 Å². The molecule has 0 radical (unpaired) electrons. The molecule has 2 fully saturated rings. The largest absolute Gasteiger partial charge is 0.372 e. The van der Waals surface area contributed by atoms with E-state index in [1.165, 1.54) is 25.7 Å². The van der Waals surface area contributed by atoms with Crippen LogP contribution in [-0.4, -0.2) is 42.3 Å². The van der Waals surface area contributed by atoms with Crippen molar-refractivity contribution in [2.75, 3.05) is 13.1 Å². The zero-order valence-electron chi connectivity index (χ0n) is 13.2. The first-order valence-corrected chi connectivity index (χ1v) is 8.34. The molecule has 0 bridgehead atoms. The standard InChI is InChI=1S/C16H30N2O2/c1-4-13-8-6-7-9-15(13)17-16(19)18-10-12(3)20-14(5-2)11-18/h12-15H,4-11H2,1-3H3,(H,17,19)/t12-,13+,14+,15+/m0/s1. The second-order valence-corrected chi connectivity index (χ2v) is 6.39. The quantitative estimate of drug-likeness (QED) is 0.864. The molecule has 2 rings (SSSR count). The summed E-state index contributed by atoms with van der Waals surface area (Å²) >= 11 is 0. The molecule has 0 aromatic heterocycles. The fourth-order valence-corrected chi connectivity index (χ4v) is 3.57. The summed E-state index contributed by atoms with van der Waals surface area (Å²) in [6.07, 6.45) is 7.44. The summed E-state index contributed by atoms with van der Waals surface area (Å²) in [5.41, 5.74) is 0. The summed E-state index contributed by atoms with van der Waals surface area (Å²) in [5.74, 6) is 0.660. The highest BCUT2D eigenvalue weighted by Crippen LogP contribution is 2.27. The second kappa shape index (κ2) is 7.30. The van der Waals surface area contributed by atoms with Gasteiger partial charge in [0.2, 0.25) is 0 Å². The van der Waals surface area contributed by atoms with Gasteiger partial charge in [0.05, 0.1) is 12.2 Å². The van der Waals surface area contributed by atoms with E-state index in [1.807, 2.05) is 4.90 Å². The summed E-state index contributed by atoms with van der Waals surface area (Å²) in [6, 6.07) is 0.489. The minimum Gasteiger partial charge on any atom is -0.372 e. The molecule has 1 N–H and O–H groups in total. The maximum atomic E-state index is 12.5. The van der Waals surface area contributed by atoms with E-state index in [0.717, 1.165) is 19.4 Å². The predicted octanol–water partition coefficient (Wildman–Crippen LogP) is 3.16. The smallest absolute Gasteiger partial charge is 0.317 e. The van der Waals surface area contributed by atoms with Gasteiger partial charge in [0, 0.05) is 19.1 Å². The molecule has 0 aromatic carbocycles. The van der Waals surface area contributed by atoms with Crippen molar-refractivity contribution in [1.82, 2.24) is 10.2 Å². The van der Waals surface area contributed by atoms with Gasteiger partial charge in [-0.1, -0.05) is 33.1 Å². The van der Waals surface area contributed by atoms with Gasteiger partial charge in [-0.05, 0) is 32.1 Å². The van der Waals surface area contributed by atoms with Crippen LogP contribution in [-0.2, 0) is 4.74 Å². The lowest BCUT2D eigenvalue weighted by Gasteiger charge is -2.39. The molecule has 4 nitrogen and oxygen atoms in total. The number of urea groups is 1. The number of hydrogen-bond donors (Lipinski definition) is 1. The highest BCUT2D eigenvalue weighted by atomic mass is 16.5. The Morgan fingerprint density at radius 1 is 1.20 bits per heavy atom. The number of carbonyl (C=O) groups is 1. The Morgan fingerprint density at radius 2 is 1.95 bits per heavy atom. The van der Waals surface area contributed by atoms with E-state index in [4.69, 9.17) is 4.74 Å². The van der Waals surface area contributed by atoms with Crippen LogP contribution in [0.3, 0.4) is 0 Å². The van der Waals surface area contributed by atoms with Crippen molar-refractivity contribution in [2.45, 2.75) is 77.5 Å². The number of amides is 2. The second-order valence-electron chi connectivity index (χ2n) is 6.39. The van der Waals surface area contributed by atoms with E-state index < -0.39 is 0 Å². The molecule has 20 heavy (non-hydrogen) atoms. The van der Waals surface area contributed by atoms with E-state index in [-0.39, 0.29) is 18.2 Å². The van der Waals surface area contributed by atoms with E-state index >= 15 is 0 Å². The lowest BCUT2D eigenvalue weighted by atomic mass is 9.83. The SMILES string of the molecule is CC[C@@H]1CN(C(=O)N[C@@H]2CCCC[C@H]2CC)C[C@H](C)O1. The van der Waals surface area contributed by atoms with E-state index in [9.17, 15) is 4.79 Å². The van der Waals surface area contributed by atoms with Crippen molar-refractivity contribution in [2.24, 2.45) is 5.92 Å². The van der Waals surface area contributed by atoms with Crippen LogP contribution in [0.1, 0.15) is 59.3 Å². The van der Waals surface area contributed by atoms with Crippen LogP contribution in [0, 0.1) is 5.92 Å². The monoisotopic (exact) mass is 282 g/mol. The van der Waals surface area contributed by atoms with Gasteiger partial charge in [0.1, 0.15) is 0 Å². The number of nitrogens with one attached hydrogen (secondary N) is 1. The Morgan fingerprint density at radius 3 is 2.65 bits per heavy atom. The molecule has 1 saturated carbocycles. The summed E-state index contributed by atoms with van der Waals surface area (Å²) < 4.78 is 5.83. The van der Waals surface area contributed by atoms with Crippen LogP contribution >= 0.6 is 0 Å². The summed E-state index contributed by atoms with van der Waals surface area (Å²) in [4.78, 5) is 14.4. The summed E-state index contributed by atoms with van der Waals surface area (Å²) in [5, 5.41) is 3.29. The van der Waals surface area contributed by atoms with Crippen molar-refractivity contribution in [1.29, 1.82) is 0 Å². The van der Waals surface area contributed by atoms with Gasteiger partial charge in [-0.2, -0.15) is 0 Å². The molecule has 0 aromatic rings. The highest BCUT2D eigenvalue weighted by Gasteiger charge is 2.30. The molecule has 4 heteroatoms. The summed E-state index contributed by atoms with van der Waals surface area (Å²) in [7, 11) is 0. The predicted molar refractivity (Wildman–Crippen MR) is 80.8 cm³/mol. The third-order valence-corrected chi connectivity index (χ3v) is 4.81. The number of ether oxygens (including phenoxy) is 1. The molecule has 116 valence electrons. The van der Waals surface area contributed by atoms with E-state index in [0.29, 0.717) is 18.5 Å². The zero-order chi connectivity index (χ0) is 14.5. The molecule has 1 aliphatic carbocycles. The van der Waals surface area contributed by atoms with Gasteiger partial charge in [-0.15, -0.1) is 0 Å². The molecule has 2 amide bonds. The third-order valence-electron chi connectivity index (χ3n) is 4.81. The number of rotatable bonds is 3. The number of hydrogen-bond acceptors (Lipinski definition) is 2. The number of morpholine rings is 1. The normalized spacial score (nSPS) is 34.9. The lowest BCUT2D eigenvalue weighted by Crippen LogP contribution is -2.55. The van der Waals surface area contributed by atoms with Crippen LogP contribution in [0.4, 0.5) is 4.79 Å². The Kier molecular flexibility index (Phi) is 5.70. The van der Waals surface area contributed by atoms with Crippen LogP contribution < -0.4 is 5.32 Å². The first-order valence-electron chi connectivity index (χ1n) is 8.34. The maximum Gasteiger partial charge on any atom is 0.317 e. The Balaban J connectivity index is 1.89. The molecule has 0 spiro atoms. The Bertz CT molecular complexity index is 322. The molecule has 1 saturated heterocycles. The molecule has 1 aliphatic heterocycles. The number of carbonyl (C=O) groups excluding carboxylic acids is 1. The fraction of sp³-hybridized carbons (Fsp3) is 0.938. The summed E-state index contributed by atoms with van der Waals surface area (Å²) in [6.45, 7) is 7.85. The first-order chi connectivity index (χ1) is 9.63. The van der Waals surface area contributed by atoms with Crippen LogP contribution in [0.5, 0.6) is 0 Å². The average molecular weight is 282 g/mol. The number of nitrogens with zero attached hydrogens (tertiary/aromatic N) is 1. The van der Waals surface area contributed by atoms with Crippen molar-refractivity contribution >= 4 is 6.03 Å². The van der Waals surface area contributed by atoms with Crippen LogP contribution in [0.15, 0.2) is 0 Å². The Labute approximate surface area is 123 Å². The van der Waals surface area contributed by atoms with Crippen molar-refractivity contribution in [3.8, 4) is 0 Å². The highest BCUT2D eigenvalue weighted by molar-refractivity contribution is 5.74. The Hall–Kier alpha value is -0.770. The molecular formula is C16H30N2O2.